The number of aromatic amines is 3. The molecule has 0 spiro atoms. The van der Waals surface area contributed by atoms with Gasteiger partial charge in [0.25, 0.3) is 11.8 Å². The number of terminal acetylenes is 1. The van der Waals surface area contributed by atoms with Crippen LogP contribution in [0.1, 0.15) is 194 Å². The summed E-state index contributed by atoms with van der Waals surface area (Å²) in [5, 5.41) is 34.0. The SMILES string of the molecule is C#CC[C@H](C)C(=O)OC.CC(C)C(=O)Cl.CC(C)c1cc(C[C@H](NC(=O)c2c(Cl)cc3c(c2Cl)CCN(C(=O)c2ccc(Cl)cc2)C3)C(=O)O)[nH]n1.COC(=O)[C@@H](C)CC#CC(=O)C(C)C.COC(=O)[C@@H](C)Cc1cc(C(C)C)n[nH]1.COC(=O)[C@@H](C)Cc1cc(C(C)C)n[nH]1.NN. The van der Waals surface area contributed by atoms with Crippen LogP contribution in [0.5, 0.6) is 0 Å². The van der Waals surface area contributed by atoms with Gasteiger partial charge in [0.1, 0.15) is 6.04 Å². The first kappa shape index (κ1) is 89.9. The average molecular weight is 1450 g/mol. The number of fused-ring (bicyclic) bond motifs is 1. The van der Waals surface area contributed by atoms with Crippen LogP contribution in [0.4, 0.5) is 0 Å². The molecule has 5 atom stereocenters. The zero-order valence-corrected chi connectivity index (χ0v) is 62.4. The molecule has 1 aliphatic heterocycles. The highest BCUT2D eigenvalue weighted by atomic mass is 35.5. The lowest BCUT2D eigenvalue weighted by molar-refractivity contribution is -0.145. The number of benzene rings is 2. The van der Waals surface area contributed by atoms with Gasteiger partial charge in [-0.3, -0.25) is 65.3 Å². The van der Waals surface area contributed by atoms with Gasteiger partial charge >= 0.3 is 29.8 Å². The van der Waals surface area contributed by atoms with Gasteiger partial charge in [0, 0.05) is 84.7 Å². The number of hydrogen-bond acceptors (Lipinski definition) is 18. The monoisotopic (exact) mass is 1440 g/mol. The summed E-state index contributed by atoms with van der Waals surface area (Å²) in [7, 11) is 5.51. The fourth-order valence-corrected chi connectivity index (χ4v) is 9.10. The van der Waals surface area contributed by atoms with Crippen molar-refractivity contribution < 1.29 is 67.2 Å². The smallest absolute Gasteiger partial charge is 0.326 e. The van der Waals surface area contributed by atoms with Crippen LogP contribution in [0.15, 0.2) is 48.5 Å². The van der Waals surface area contributed by atoms with Crippen LogP contribution in [-0.2, 0) is 84.7 Å². The van der Waals surface area contributed by atoms with Crippen LogP contribution in [0.3, 0.4) is 0 Å². The number of Topliss-reactive ketones (excluding diaryl/α,β-unsaturated/α-hetero) is 1. The molecule has 6 rings (SSSR count). The number of methoxy groups -OCH3 is 4. The molecule has 5 aromatic rings. The summed E-state index contributed by atoms with van der Waals surface area (Å²) in [5.74, 6) is 12.7. The van der Waals surface area contributed by atoms with Crippen molar-refractivity contribution >= 4 is 99.1 Å². The predicted molar refractivity (Wildman–Crippen MR) is 379 cm³/mol. The molecule has 4 heterocycles. The third-order valence-electron chi connectivity index (χ3n) is 14.3. The number of carboxylic acids is 1. The van der Waals surface area contributed by atoms with E-state index in [1.54, 1.807) is 82.8 Å². The van der Waals surface area contributed by atoms with Crippen molar-refractivity contribution in [1.29, 1.82) is 0 Å². The molecule has 0 radical (unpaired) electrons. The van der Waals surface area contributed by atoms with Crippen LogP contribution in [0.2, 0.25) is 15.1 Å². The molecule has 540 valence electrons. The molecular formula is C70H98Cl4N10O14. The van der Waals surface area contributed by atoms with Crippen LogP contribution in [-0.4, -0.2) is 134 Å². The number of rotatable bonds is 21. The van der Waals surface area contributed by atoms with Crippen molar-refractivity contribution in [2.75, 3.05) is 35.0 Å². The van der Waals surface area contributed by atoms with E-state index in [4.69, 9.17) is 52.8 Å². The molecule has 0 bridgehead atoms. The number of carbonyl (C=O) groups is 9. The highest BCUT2D eigenvalue weighted by molar-refractivity contribution is 6.63. The standard InChI is InChI=1S/C26H25Cl3N4O4.2C11H18N2O2.C11H16O3.C7H10O2.C4H7ClO.H4N2/c1-13(2)20-10-17(31-32-20)11-21(26(36)37)30-24(34)22-19(28)9-15-12-33(8-7-18(15)23(22)29)25(35)14-3-5-16(27)6-4-14;2*1-7(2)10-6-9(12-13-10)5-8(3)11(14)15-4;1-8(2)10(12)7-5-6-9(3)11(13)14-4;1-4-5-6(2)7(8)9-3;1-3(2)4(5)6;1-2/h3-6,9-10,13,21H,7-8,11-12H2,1-2H3,(H,30,34)(H,31,32)(H,36,37);2*6-8H,5H2,1-4H3,(H,12,13);8-9H,6H2,1-4H3;1,6H,5H2,2-3H3;3H,1-2H3;1-2H2/t21-;2*8-;9-;6-;;/m00000../s1. The van der Waals surface area contributed by atoms with Gasteiger partial charge in [-0.05, 0) is 101 Å². The Morgan fingerprint density at radius 1 is 0.612 bits per heavy atom. The van der Waals surface area contributed by atoms with E-state index in [1.165, 1.54) is 28.4 Å². The Bertz CT molecular complexity index is 3410. The van der Waals surface area contributed by atoms with Crippen molar-refractivity contribution in [1.82, 2.24) is 40.8 Å². The summed E-state index contributed by atoms with van der Waals surface area (Å²) in [6.45, 7) is 27.2. The zero-order valence-electron chi connectivity index (χ0n) is 59.3. The summed E-state index contributed by atoms with van der Waals surface area (Å²) < 4.78 is 18.3. The second-order valence-electron chi connectivity index (χ2n) is 24.2. The van der Waals surface area contributed by atoms with Crippen molar-refractivity contribution in [3.63, 3.8) is 0 Å². The van der Waals surface area contributed by atoms with Gasteiger partial charge in [-0.25, -0.2) is 4.79 Å². The number of aliphatic carboxylic acids is 1. The van der Waals surface area contributed by atoms with Gasteiger partial charge in [0.15, 0.2) is 0 Å². The maximum absolute atomic E-state index is 13.1. The molecule has 24 nitrogen and oxygen atoms in total. The first-order chi connectivity index (χ1) is 46.0. The fraction of sp³-hybridized carbons (Fsp3) is 0.514. The maximum Gasteiger partial charge on any atom is 0.326 e. The molecule has 0 fully saturated rings. The summed E-state index contributed by atoms with van der Waals surface area (Å²) >= 11 is 24.0. The summed E-state index contributed by atoms with van der Waals surface area (Å²) in [6, 6.07) is 12.8. The normalized spacial score (nSPS) is 12.5. The second-order valence-corrected chi connectivity index (χ2v) is 25.7. The van der Waals surface area contributed by atoms with Gasteiger partial charge in [-0.15, -0.1) is 12.3 Å². The Balaban J connectivity index is 0.00000129. The van der Waals surface area contributed by atoms with Gasteiger partial charge in [0.2, 0.25) is 11.0 Å². The second kappa shape index (κ2) is 47.0. The highest BCUT2D eigenvalue weighted by Crippen LogP contribution is 2.35. The Morgan fingerprint density at radius 3 is 1.37 bits per heavy atom. The molecule has 98 heavy (non-hydrogen) atoms. The number of hydrazine groups is 1. The van der Waals surface area contributed by atoms with Crippen molar-refractivity contribution in [2.24, 2.45) is 47.2 Å². The number of ether oxygens (including phenoxy) is 4. The Labute approximate surface area is 596 Å². The number of ketones is 1. The predicted octanol–water partition coefficient (Wildman–Crippen LogP) is 11.3. The summed E-state index contributed by atoms with van der Waals surface area (Å²) in [6.07, 6.45) is 7.50. The third kappa shape index (κ3) is 32.5. The quantitative estimate of drug-likeness (QED) is 0.00682. The van der Waals surface area contributed by atoms with Gasteiger partial charge in [-0.1, -0.05) is 138 Å². The van der Waals surface area contributed by atoms with E-state index in [0.29, 0.717) is 72.3 Å². The lowest BCUT2D eigenvalue weighted by Crippen LogP contribution is -2.43. The molecular weight excluding hydrogens is 1350 g/mol. The van der Waals surface area contributed by atoms with Crippen molar-refractivity contribution in [3.05, 3.63) is 120 Å². The minimum Gasteiger partial charge on any atom is -0.480 e. The van der Waals surface area contributed by atoms with E-state index in [1.807, 2.05) is 39.8 Å². The van der Waals surface area contributed by atoms with E-state index in [0.717, 1.165) is 34.0 Å². The fourth-order valence-electron chi connectivity index (χ4n) is 8.21. The van der Waals surface area contributed by atoms with Crippen molar-refractivity contribution in [3.8, 4) is 24.2 Å². The van der Waals surface area contributed by atoms with Crippen LogP contribution in [0.25, 0.3) is 0 Å². The maximum atomic E-state index is 13.1. The number of carbonyl (C=O) groups excluding carboxylic acids is 8. The molecule has 0 unspecified atom stereocenters. The molecule has 0 saturated carbocycles. The zero-order chi connectivity index (χ0) is 75.3. The summed E-state index contributed by atoms with van der Waals surface area (Å²) in [4.78, 5) is 105. The van der Waals surface area contributed by atoms with Crippen LogP contribution < -0.4 is 17.0 Å². The van der Waals surface area contributed by atoms with Crippen LogP contribution in [0, 0.1) is 59.7 Å². The third-order valence-corrected chi connectivity index (χ3v) is 15.7. The molecule has 1 aliphatic rings. The molecule has 2 amide bonds. The Hall–Kier alpha value is -8.10. The highest BCUT2D eigenvalue weighted by Gasteiger charge is 2.30. The van der Waals surface area contributed by atoms with Gasteiger partial charge in [0.05, 0.1) is 84.8 Å². The number of esters is 4. The number of nitrogens with zero attached hydrogens (tertiary/aromatic N) is 4. The van der Waals surface area contributed by atoms with E-state index in [-0.39, 0.29) is 111 Å². The topological polar surface area (TPSA) is 364 Å². The Kier molecular flexibility index (Phi) is 43.1. The number of hydrogen-bond donors (Lipinski definition) is 7. The molecule has 2 aromatic carbocycles. The minimum atomic E-state index is -1.22. The van der Waals surface area contributed by atoms with Crippen molar-refractivity contribution in [2.45, 2.75) is 166 Å². The van der Waals surface area contributed by atoms with Gasteiger partial charge < -0.3 is 34.3 Å². The average Bonchev–Trinajstić information content (AvgIpc) is 1.04. The molecule has 28 heteroatoms. The number of H-pyrrole nitrogens is 3. The lowest BCUT2D eigenvalue weighted by Gasteiger charge is -2.30. The molecule has 0 saturated heterocycles. The minimum absolute atomic E-state index is 0.0123. The van der Waals surface area contributed by atoms with Crippen LogP contribution >= 0.6 is 46.4 Å². The lowest BCUT2D eigenvalue weighted by atomic mass is 9.95. The van der Waals surface area contributed by atoms with E-state index >= 15 is 0 Å². The van der Waals surface area contributed by atoms with E-state index in [9.17, 15) is 48.3 Å². The molecule has 3 aromatic heterocycles. The number of halogens is 4. The number of carboxylic acid groups (broad SMARTS) is 1. The molecule has 0 aliphatic carbocycles. The number of aromatic nitrogens is 6. The Morgan fingerprint density at radius 2 is 1.01 bits per heavy atom. The van der Waals surface area contributed by atoms with E-state index in [2.05, 4.69) is 112 Å². The number of nitrogens with one attached hydrogen (secondary N) is 4. The number of amides is 2. The largest absolute Gasteiger partial charge is 0.480 e. The first-order valence-corrected chi connectivity index (χ1v) is 33.0. The first-order valence-electron chi connectivity index (χ1n) is 31.5. The summed E-state index contributed by atoms with van der Waals surface area (Å²) in [5.41, 5.74) is 7.38. The molecule has 9 N–H and O–H groups in total. The van der Waals surface area contributed by atoms with Gasteiger partial charge in [-0.2, -0.15) is 15.3 Å². The van der Waals surface area contributed by atoms with E-state index < -0.39 is 17.9 Å². The number of nitrogens with two attached hydrogens (primary N) is 2.